The molecule has 0 amide bonds. The number of ether oxygens (including phenoxy) is 1. The maximum Gasteiger partial charge on any atom is 0.336 e. The third-order valence-electron chi connectivity index (χ3n) is 1.86. The van der Waals surface area contributed by atoms with Crippen LogP contribution in [0, 0.1) is 0 Å². The second-order valence-corrected chi connectivity index (χ2v) is 3.22. The summed E-state index contributed by atoms with van der Waals surface area (Å²) in [4.78, 5) is 42.0. The van der Waals surface area contributed by atoms with Crippen LogP contribution in [0.25, 0.3) is 0 Å². The smallest absolute Gasteiger partial charge is 0.336 e. The van der Waals surface area contributed by atoms with E-state index in [0.29, 0.717) is 0 Å². The Balaban J connectivity index is 5.17. The molecule has 0 saturated carbocycles. The minimum Gasteiger partial charge on any atom is -0.479 e. The van der Waals surface area contributed by atoms with Crippen LogP contribution in [0.15, 0.2) is 0 Å². The molecular formula is C8H10O11. The molecule has 0 heterocycles. The van der Waals surface area contributed by atoms with Crippen molar-refractivity contribution in [2.45, 2.75) is 24.4 Å². The minimum atomic E-state index is -2.64. The summed E-state index contributed by atoms with van der Waals surface area (Å²) in [7, 11) is 0. The van der Waals surface area contributed by atoms with Gasteiger partial charge < -0.3 is 35.4 Å². The van der Waals surface area contributed by atoms with Crippen molar-refractivity contribution < 1.29 is 54.6 Å². The molecule has 0 fully saturated rings. The minimum absolute atomic E-state index is 2.03. The van der Waals surface area contributed by atoms with E-state index in [1.807, 2.05) is 0 Å². The molecule has 0 rings (SSSR count). The summed E-state index contributed by atoms with van der Waals surface area (Å²) >= 11 is 0. The van der Waals surface area contributed by atoms with E-state index in [0.717, 1.165) is 0 Å². The number of rotatable bonds is 8. The molecule has 0 aromatic heterocycles. The van der Waals surface area contributed by atoms with Crippen LogP contribution < -0.4 is 0 Å². The first-order chi connectivity index (χ1) is 8.59. The van der Waals surface area contributed by atoms with Gasteiger partial charge in [-0.05, 0) is 0 Å². The Morgan fingerprint density at radius 1 is 0.632 bits per heavy atom. The van der Waals surface area contributed by atoms with Crippen LogP contribution >= 0.6 is 0 Å². The molecule has 108 valence electrons. The fourth-order valence-corrected chi connectivity index (χ4v) is 0.952. The molecule has 0 bridgehead atoms. The number of aliphatic hydroxyl groups excluding tert-OH is 2. The predicted octanol–water partition coefficient (Wildman–Crippen LogP) is -3.20. The van der Waals surface area contributed by atoms with Gasteiger partial charge in [-0.3, -0.25) is 0 Å². The van der Waals surface area contributed by atoms with Crippen molar-refractivity contribution in [2.24, 2.45) is 0 Å². The summed E-state index contributed by atoms with van der Waals surface area (Å²) in [6.07, 6.45) is -10.4. The molecule has 0 aliphatic heterocycles. The third kappa shape index (κ3) is 4.50. The molecule has 11 nitrogen and oxygen atoms in total. The van der Waals surface area contributed by atoms with Gasteiger partial charge in [0.2, 0.25) is 0 Å². The fourth-order valence-electron chi connectivity index (χ4n) is 0.952. The van der Waals surface area contributed by atoms with Crippen LogP contribution in [-0.4, -0.2) is 78.9 Å². The standard InChI is InChI=1S/C8H10O11/c9-1(5(11)12)3(7(15)16)19-4(8(17)18)2(10)6(13)14/h1-4,9-10H,(H,11,12)(H,13,14)(H,15,16)(H,17,18). The maximum absolute atomic E-state index is 10.6. The molecule has 4 atom stereocenters. The Labute approximate surface area is 104 Å². The first-order valence-electron chi connectivity index (χ1n) is 4.52. The lowest BCUT2D eigenvalue weighted by Crippen LogP contribution is -2.50. The maximum atomic E-state index is 10.6. The monoisotopic (exact) mass is 282 g/mol. The first-order valence-corrected chi connectivity index (χ1v) is 4.52. The lowest BCUT2D eigenvalue weighted by atomic mass is 10.1. The summed E-state index contributed by atoms with van der Waals surface area (Å²) in [6, 6.07) is 0. The number of aliphatic carboxylic acids is 4. The summed E-state index contributed by atoms with van der Waals surface area (Å²) < 4.78 is 4.16. The van der Waals surface area contributed by atoms with Crippen LogP contribution in [0.5, 0.6) is 0 Å². The van der Waals surface area contributed by atoms with E-state index < -0.39 is 48.3 Å². The van der Waals surface area contributed by atoms with Crippen LogP contribution in [0.1, 0.15) is 0 Å². The molecule has 0 saturated heterocycles. The van der Waals surface area contributed by atoms with Gasteiger partial charge in [0.25, 0.3) is 0 Å². The summed E-state index contributed by atoms with van der Waals surface area (Å²) in [5.74, 6) is -8.14. The van der Waals surface area contributed by atoms with Gasteiger partial charge in [0.15, 0.2) is 24.4 Å². The van der Waals surface area contributed by atoms with Gasteiger partial charge >= 0.3 is 23.9 Å². The van der Waals surface area contributed by atoms with Gasteiger partial charge in [-0.2, -0.15) is 0 Å². The van der Waals surface area contributed by atoms with Gasteiger partial charge in [-0.15, -0.1) is 0 Å². The lowest BCUT2D eigenvalue weighted by molar-refractivity contribution is -0.194. The summed E-state index contributed by atoms with van der Waals surface area (Å²) in [6.45, 7) is 0. The number of carboxylic acid groups (broad SMARTS) is 4. The van der Waals surface area contributed by atoms with Crippen molar-refractivity contribution in [3.63, 3.8) is 0 Å². The van der Waals surface area contributed by atoms with Crippen LogP contribution in [0.3, 0.4) is 0 Å². The van der Waals surface area contributed by atoms with Crippen molar-refractivity contribution in [1.82, 2.24) is 0 Å². The second-order valence-electron chi connectivity index (χ2n) is 3.22. The number of carbonyl (C=O) groups is 4. The van der Waals surface area contributed by atoms with E-state index in [1.54, 1.807) is 0 Å². The molecule has 0 radical (unpaired) electrons. The highest BCUT2D eigenvalue weighted by atomic mass is 16.6. The van der Waals surface area contributed by atoms with Crippen molar-refractivity contribution >= 4 is 23.9 Å². The zero-order chi connectivity index (χ0) is 15.3. The Morgan fingerprint density at radius 3 is 1.05 bits per heavy atom. The van der Waals surface area contributed by atoms with Crippen molar-refractivity contribution in [1.29, 1.82) is 0 Å². The van der Waals surface area contributed by atoms with Crippen LogP contribution in [0.2, 0.25) is 0 Å². The largest absolute Gasteiger partial charge is 0.479 e. The Hall–Kier alpha value is -2.24. The highest BCUT2D eigenvalue weighted by Crippen LogP contribution is 2.09. The van der Waals surface area contributed by atoms with Crippen molar-refractivity contribution in [3.8, 4) is 0 Å². The topological polar surface area (TPSA) is 199 Å². The summed E-state index contributed by atoms with van der Waals surface area (Å²) in [5.41, 5.74) is 0. The average molecular weight is 282 g/mol. The molecule has 0 aliphatic carbocycles. The van der Waals surface area contributed by atoms with Gasteiger partial charge in [0.05, 0.1) is 0 Å². The predicted molar refractivity (Wildman–Crippen MR) is 51.2 cm³/mol. The molecule has 0 aromatic carbocycles. The van der Waals surface area contributed by atoms with E-state index in [-0.39, 0.29) is 0 Å². The van der Waals surface area contributed by atoms with E-state index >= 15 is 0 Å². The molecule has 6 N–H and O–H groups in total. The molecule has 11 heteroatoms. The first kappa shape index (κ1) is 16.8. The number of carboxylic acids is 4. The van der Waals surface area contributed by atoms with E-state index in [9.17, 15) is 19.2 Å². The molecule has 19 heavy (non-hydrogen) atoms. The quantitative estimate of drug-likeness (QED) is 0.262. The van der Waals surface area contributed by atoms with E-state index in [1.165, 1.54) is 0 Å². The van der Waals surface area contributed by atoms with Crippen molar-refractivity contribution in [2.75, 3.05) is 0 Å². The van der Waals surface area contributed by atoms with E-state index in [2.05, 4.69) is 4.74 Å². The average Bonchev–Trinajstić information content (AvgIpc) is 2.27. The Bertz CT molecular complexity index is 352. The number of hydrogen-bond acceptors (Lipinski definition) is 7. The Kier molecular flexibility index (Phi) is 5.85. The fraction of sp³-hybridized carbons (Fsp3) is 0.500. The van der Waals surface area contributed by atoms with Crippen LogP contribution in [-0.2, 0) is 23.9 Å². The van der Waals surface area contributed by atoms with Gasteiger partial charge in [-0.25, -0.2) is 19.2 Å². The van der Waals surface area contributed by atoms with Crippen molar-refractivity contribution in [3.05, 3.63) is 0 Å². The second kappa shape index (κ2) is 6.63. The Morgan fingerprint density at radius 2 is 0.895 bits per heavy atom. The van der Waals surface area contributed by atoms with Crippen LogP contribution in [0.4, 0.5) is 0 Å². The lowest BCUT2D eigenvalue weighted by Gasteiger charge is -2.22. The zero-order valence-electron chi connectivity index (χ0n) is 9.03. The molecule has 0 aromatic rings. The highest BCUT2D eigenvalue weighted by molar-refractivity contribution is 5.86. The zero-order valence-corrected chi connectivity index (χ0v) is 9.03. The highest BCUT2D eigenvalue weighted by Gasteiger charge is 2.41. The molecule has 0 spiro atoms. The number of aliphatic hydroxyl groups is 2. The van der Waals surface area contributed by atoms with E-state index in [4.69, 9.17) is 30.6 Å². The van der Waals surface area contributed by atoms with Gasteiger partial charge in [0.1, 0.15) is 0 Å². The van der Waals surface area contributed by atoms with Gasteiger partial charge in [-0.1, -0.05) is 0 Å². The molecule has 0 aliphatic rings. The molecule has 4 unspecified atom stereocenters. The molecular weight excluding hydrogens is 272 g/mol. The summed E-state index contributed by atoms with van der Waals surface area (Å²) in [5, 5.41) is 51.9. The van der Waals surface area contributed by atoms with Gasteiger partial charge in [0, 0.05) is 0 Å². The third-order valence-corrected chi connectivity index (χ3v) is 1.86. The normalized spacial score (nSPS) is 16.9. The number of hydrogen-bond donors (Lipinski definition) is 6. The SMILES string of the molecule is O=C(O)C(O)C(OC(C(=O)O)C(O)C(=O)O)C(=O)O.